The molecule has 2 aromatic rings. The van der Waals surface area contributed by atoms with Gasteiger partial charge in [-0.1, -0.05) is 0 Å². The van der Waals surface area contributed by atoms with Crippen molar-refractivity contribution in [2.45, 2.75) is 6.92 Å². The molecule has 0 N–H and O–H groups in total. The number of rotatable bonds is 7. The molecule has 0 aliphatic carbocycles. The van der Waals surface area contributed by atoms with Crippen molar-refractivity contribution in [3.63, 3.8) is 0 Å². The normalized spacial score (nSPS) is 17.0. The minimum atomic E-state index is 0. The smallest absolute Gasteiger partial charge is 0.229 e. The molecule has 3 rings (SSSR count). The summed E-state index contributed by atoms with van der Waals surface area (Å²) < 4.78 is 1.14. The Bertz CT molecular complexity index is 691. The van der Waals surface area contributed by atoms with Gasteiger partial charge in [-0.15, -0.1) is 21.6 Å². The van der Waals surface area contributed by atoms with Crippen LogP contribution in [0.15, 0.2) is 46.1 Å². The molecule has 0 atom stereocenters. The lowest BCUT2D eigenvalue weighted by molar-refractivity contribution is -0.894. The van der Waals surface area contributed by atoms with E-state index in [4.69, 9.17) is 0 Å². The zero-order valence-electron chi connectivity index (χ0n) is 16.4. The SMILES string of the molecule is CCN(CCN1CC[N+](C)(C)CC1)c1ccc(N=Nc2nccs2)cc1.[Br-]. The lowest BCUT2D eigenvalue weighted by Crippen LogP contribution is -3.00. The number of hydrogen-bond donors (Lipinski definition) is 0. The zero-order chi connectivity index (χ0) is 18.4. The quantitative estimate of drug-likeness (QED) is 0.460. The van der Waals surface area contributed by atoms with E-state index in [1.807, 2.05) is 17.5 Å². The molecule has 0 bridgehead atoms. The van der Waals surface area contributed by atoms with Gasteiger partial charge in [-0.25, -0.2) is 4.98 Å². The fourth-order valence-electron chi connectivity index (χ4n) is 3.10. The van der Waals surface area contributed by atoms with Crippen molar-refractivity contribution in [2.24, 2.45) is 10.2 Å². The number of halogens is 1. The van der Waals surface area contributed by atoms with E-state index < -0.39 is 0 Å². The molecule has 1 aromatic heterocycles. The highest BCUT2D eigenvalue weighted by atomic mass is 79.9. The van der Waals surface area contributed by atoms with Crippen LogP contribution in [0, 0.1) is 0 Å². The number of anilines is 1. The summed E-state index contributed by atoms with van der Waals surface area (Å²) in [5.74, 6) is 0. The Balaban J connectivity index is 0.00000261. The Morgan fingerprint density at radius 3 is 2.44 bits per heavy atom. The van der Waals surface area contributed by atoms with Crippen LogP contribution in [0.5, 0.6) is 0 Å². The van der Waals surface area contributed by atoms with Crippen LogP contribution in [0.1, 0.15) is 6.92 Å². The summed E-state index contributed by atoms with van der Waals surface area (Å²) >= 11 is 1.49. The van der Waals surface area contributed by atoms with E-state index in [1.165, 1.54) is 43.2 Å². The Kier molecular flexibility index (Phi) is 8.34. The molecule has 1 aliphatic rings. The van der Waals surface area contributed by atoms with Crippen LogP contribution in [-0.4, -0.2) is 74.3 Å². The molecule has 1 aliphatic heterocycles. The van der Waals surface area contributed by atoms with Crippen molar-refractivity contribution in [3.05, 3.63) is 35.8 Å². The number of piperazine rings is 1. The van der Waals surface area contributed by atoms with E-state index in [2.05, 4.69) is 58.2 Å². The Labute approximate surface area is 176 Å². The number of likely N-dealkylation sites (N-methyl/N-ethyl adjacent to an activating group) is 2. The number of nitrogens with zero attached hydrogens (tertiary/aromatic N) is 6. The summed E-state index contributed by atoms with van der Waals surface area (Å²) in [6.45, 7) is 10.3. The third-order valence-electron chi connectivity index (χ3n) is 5.00. The highest BCUT2D eigenvalue weighted by Crippen LogP contribution is 2.23. The zero-order valence-corrected chi connectivity index (χ0v) is 18.8. The van der Waals surface area contributed by atoms with Gasteiger partial charge in [-0.2, -0.15) is 0 Å². The first-order valence-electron chi connectivity index (χ1n) is 9.26. The van der Waals surface area contributed by atoms with Gasteiger partial charge in [-0.05, 0) is 31.2 Å². The van der Waals surface area contributed by atoms with Crippen LogP contribution >= 0.6 is 11.3 Å². The Morgan fingerprint density at radius 1 is 1.15 bits per heavy atom. The lowest BCUT2D eigenvalue weighted by atomic mass is 10.2. The summed E-state index contributed by atoms with van der Waals surface area (Å²) in [6, 6.07) is 8.32. The number of quaternary nitrogens is 1. The van der Waals surface area contributed by atoms with Crippen LogP contribution in [0.25, 0.3) is 0 Å². The van der Waals surface area contributed by atoms with E-state index >= 15 is 0 Å². The first kappa shape index (κ1) is 21.9. The van der Waals surface area contributed by atoms with Crippen molar-refractivity contribution in [3.8, 4) is 0 Å². The van der Waals surface area contributed by atoms with Crippen molar-refractivity contribution in [2.75, 3.05) is 64.8 Å². The third-order valence-corrected chi connectivity index (χ3v) is 5.65. The molecule has 0 radical (unpaired) electrons. The number of thiazole rings is 1. The molecule has 27 heavy (non-hydrogen) atoms. The van der Waals surface area contributed by atoms with Gasteiger partial charge in [0.15, 0.2) is 0 Å². The van der Waals surface area contributed by atoms with Gasteiger partial charge in [-0.3, -0.25) is 4.90 Å². The molecule has 0 unspecified atom stereocenters. The molecule has 148 valence electrons. The van der Waals surface area contributed by atoms with E-state index in [1.54, 1.807) is 6.20 Å². The summed E-state index contributed by atoms with van der Waals surface area (Å²) in [6.07, 6.45) is 1.74. The summed E-state index contributed by atoms with van der Waals surface area (Å²) in [5, 5.41) is 11.0. The second kappa shape index (κ2) is 10.3. The molecule has 1 aromatic carbocycles. The molecule has 0 saturated carbocycles. The van der Waals surface area contributed by atoms with Gasteiger partial charge in [0.2, 0.25) is 5.13 Å². The van der Waals surface area contributed by atoms with Gasteiger partial charge in [0.1, 0.15) is 0 Å². The summed E-state index contributed by atoms with van der Waals surface area (Å²) in [5.41, 5.74) is 2.10. The van der Waals surface area contributed by atoms with Crippen LogP contribution in [-0.2, 0) is 0 Å². The predicted octanol–water partition coefficient (Wildman–Crippen LogP) is 0.781. The Morgan fingerprint density at radius 2 is 1.85 bits per heavy atom. The number of azo groups is 1. The highest BCUT2D eigenvalue weighted by molar-refractivity contribution is 7.13. The lowest BCUT2D eigenvalue weighted by Gasteiger charge is -2.39. The maximum atomic E-state index is 4.25. The minimum Gasteiger partial charge on any atom is -1.00 e. The van der Waals surface area contributed by atoms with Crippen LogP contribution in [0.3, 0.4) is 0 Å². The van der Waals surface area contributed by atoms with Gasteiger partial charge in [0, 0.05) is 50.0 Å². The first-order chi connectivity index (χ1) is 12.6. The van der Waals surface area contributed by atoms with Crippen molar-refractivity contribution in [1.29, 1.82) is 0 Å². The average Bonchev–Trinajstić information content (AvgIpc) is 3.16. The molecule has 0 spiro atoms. The van der Waals surface area contributed by atoms with Gasteiger partial charge >= 0.3 is 0 Å². The van der Waals surface area contributed by atoms with Crippen LogP contribution in [0.2, 0.25) is 0 Å². The van der Waals surface area contributed by atoms with E-state index in [0.717, 1.165) is 29.8 Å². The molecule has 6 nitrogen and oxygen atoms in total. The molecule has 8 heteroatoms. The Hall–Kier alpha value is -1.35. The second-order valence-electron chi connectivity index (χ2n) is 7.34. The number of benzene rings is 1. The van der Waals surface area contributed by atoms with Crippen LogP contribution in [0.4, 0.5) is 16.5 Å². The van der Waals surface area contributed by atoms with Crippen LogP contribution < -0.4 is 21.9 Å². The largest absolute Gasteiger partial charge is 1.00 e. The van der Waals surface area contributed by atoms with E-state index in [0.29, 0.717) is 5.13 Å². The monoisotopic (exact) mass is 452 g/mol. The maximum absolute atomic E-state index is 4.25. The molecular weight excluding hydrogens is 424 g/mol. The topological polar surface area (TPSA) is 44.1 Å². The fourth-order valence-corrected chi connectivity index (χ4v) is 3.55. The van der Waals surface area contributed by atoms with E-state index in [9.17, 15) is 0 Å². The standard InChI is InChI=1S/C19H29N6S.BrH/c1-4-24(11-10-23-12-14-25(2,3)15-13-23)18-7-5-17(6-8-18)21-22-19-20-9-16-26-19;/h5-9,16H,4,10-15H2,1-3H3;1H/q+1;/p-1. The molecular formula is C19H29BrN6S. The molecule has 2 heterocycles. The minimum absolute atomic E-state index is 0. The highest BCUT2D eigenvalue weighted by Gasteiger charge is 2.24. The van der Waals surface area contributed by atoms with Crippen molar-refractivity contribution in [1.82, 2.24) is 9.88 Å². The first-order valence-corrected chi connectivity index (χ1v) is 10.1. The van der Waals surface area contributed by atoms with Crippen molar-refractivity contribution < 1.29 is 21.5 Å². The fraction of sp³-hybridized carbons (Fsp3) is 0.526. The average molecular weight is 453 g/mol. The number of hydrogen-bond acceptors (Lipinski definition) is 6. The van der Waals surface area contributed by atoms with E-state index in [-0.39, 0.29) is 17.0 Å². The molecule has 1 saturated heterocycles. The number of aromatic nitrogens is 1. The van der Waals surface area contributed by atoms with Gasteiger partial charge in [0.05, 0.1) is 32.9 Å². The van der Waals surface area contributed by atoms with Crippen molar-refractivity contribution >= 4 is 27.8 Å². The third kappa shape index (κ3) is 6.64. The van der Waals surface area contributed by atoms with Gasteiger partial charge < -0.3 is 26.4 Å². The summed E-state index contributed by atoms with van der Waals surface area (Å²) in [4.78, 5) is 9.13. The molecule has 0 amide bonds. The second-order valence-corrected chi connectivity index (χ2v) is 8.21. The summed E-state index contributed by atoms with van der Waals surface area (Å²) in [7, 11) is 4.65. The molecule has 1 fully saturated rings. The predicted molar refractivity (Wildman–Crippen MR) is 109 cm³/mol. The maximum Gasteiger partial charge on any atom is 0.229 e. The van der Waals surface area contributed by atoms with Gasteiger partial charge in [0.25, 0.3) is 0 Å².